The zero-order chi connectivity index (χ0) is 18.6. The Bertz CT molecular complexity index is 581. The van der Waals surface area contributed by atoms with Gasteiger partial charge in [0.2, 0.25) is 0 Å². The van der Waals surface area contributed by atoms with Crippen molar-refractivity contribution in [1.29, 1.82) is 0 Å². The number of hydrogen-bond acceptors (Lipinski definition) is 7. The lowest BCUT2D eigenvalue weighted by Crippen LogP contribution is -2.62. The molecule has 2 saturated heterocycles. The lowest BCUT2D eigenvalue weighted by atomic mass is 9.85. The summed E-state index contributed by atoms with van der Waals surface area (Å²) in [5.74, 6) is -1.72. The molecule has 0 amide bonds. The molecule has 0 unspecified atom stereocenters. The van der Waals surface area contributed by atoms with E-state index in [0.717, 1.165) is 51.4 Å². The summed E-state index contributed by atoms with van der Waals surface area (Å²) < 4.78 is 31.1. The molecule has 0 aromatic rings. The van der Waals surface area contributed by atoms with Crippen LogP contribution in [0.4, 0.5) is 0 Å². The second-order valence-electron chi connectivity index (χ2n) is 8.84. The number of carbonyl (C=O) groups is 1. The molecule has 2 spiro atoms. The molecule has 2 heterocycles. The van der Waals surface area contributed by atoms with Crippen LogP contribution in [0.15, 0.2) is 0 Å². The van der Waals surface area contributed by atoms with Gasteiger partial charge in [-0.2, -0.15) is 0 Å². The number of esters is 1. The van der Waals surface area contributed by atoms with Crippen molar-refractivity contribution in [2.45, 2.75) is 119 Å². The van der Waals surface area contributed by atoms with Gasteiger partial charge in [0.15, 0.2) is 17.7 Å². The van der Waals surface area contributed by atoms with E-state index in [1.54, 1.807) is 0 Å². The van der Waals surface area contributed by atoms with Crippen molar-refractivity contribution >= 4 is 5.97 Å². The number of hydrogen-bond donors (Lipinski definition) is 1. The monoisotopic (exact) mass is 382 g/mol. The Kier molecular flexibility index (Phi) is 4.52. The molecule has 0 aromatic heterocycles. The van der Waals surface area contributed by atoms with E-state index in [-0.39, 0.29) is 6.10 Å². The van der Waals surface area contributed by atoms with E-state index >= 15 is 0 Å². The van der Waals surface area contributed by atoms with Gasteiger partial charge in [-0.1, -0.05) is 12.8 Å². The van der Waals surface area contributed by atoms with Crippen molar-refractivity contribution in [1.82, 2.24) is 0 Å². The molecule has 152 valence electrons. The van der Waals surface area contributed by atoms with Crippen molar-refractivity contribution in [3.63, 3.8) is 0 Å². The van der Waals surface area contributed by atoms with Crippen LogP contribution in [0.5, 0.6) is 0 Å². The van der Waals surface area contributed by atoms with Gasteiger partial charge in [0.1, 0.15) is 30.5 Å². The topological polar surface area (TPSA) is 83.5 Å². The fourth-order valence-electron chi connectivity index (χ4n) is 5.70. The van der Waals surface area contributed by atoms with Crippen LogP contribution in [-0.2, 0) is 28.5 Å². The first-order valence-corrected chi connectivity index (χ1v) is 10.6. The highest BCUT2D eigenvalue weighted by Gasteiger charge is 2.66. The van der Waals surface area contributed by atoms with Gasteiger partial charge in [-0.05, 0) is 25.7 Å². The highest BCUT2D eigenvalue weighted by Crippen LogP contribution is 2.51. The molecule has 1 N–H and O–H groups in total. The number of rotatable bonds is 1. The van der Waals surface area contributed by atoms with Crippen LogP contribution in [0.25, 0.3) is 0 Å². The molecule has 7 nitrogen and oxygen atoms in total. The first-order chi connectivity index (χ1) is 13.0. The number of aliphatic hydroxyl groups excluding tert-OH is 1. The van der Waals surface area contributed by atoms with E-state index in [1.165, 1.54) is 19.8 Å². The first-order valence-electron chi connectivity index (χ1n) is 10.6. The normalized spacial score (nSPS) is 44.8. The van der Waals surface area contributed by atoms with E-state index in [9.17, 15) is 9.90 Å². The molecule has 27 heavy (non-hydrogen) atoms. The van der Waals surface area contributed by atoms with Gasteiger partial charge in [0.05, 0.1) is 0 Å². The molecule has 5 aliphatic rings. The Morgan fingerprint density at radius 3 is 1.74 bits per heavy atom. The van der Waals surface area contributed by atoms with Crippen LogP contribution in [0.2, 0.25) is 0 Å². The third-order valence-electron chi connectivity index (χ3n) is 6.90. The van der Waals surface area contributed by atoms with Gasteiger partial charge < -0.3 is 28.8 Å². The van der Waals surface area contributed by atoms with Gasteiger partial charge in [0, 0.05) is 32.6 Å². The van der Waals surface area contributed by atoms with Crippen molar-refractivity contribution in [3.05, 3.63) is 0 Å². The van der Waals surface area contributed by atoms with Gasteiger partial charge in [-0.15, -0.1) is 0 Å². The largest absolute Gasteiger partial charge is 0.457 e. The maximum Gasteiger partial charge on any atom is 0.303 e. The highest BCUT2D eigenvalue weighted by molar-refractivity contribution is 5.66. The van der Waals surface area contributed by atoms with Gasteiger partial charge >= 0.3 is 5.97 Å². The molecule has 0 bridgehead atoms. The molecule has 0 radical (unpaired) electrons. The smallest absolute Gasteiger partial charge is 0.303 e. The third kappa shape index (κ3) is 3.02. The van der Waals surface area contributed by atoms with Crippen molar-refractivity contribution in [2.24, 2.45) is 0 Å². The molecule has 0 aromatic carbocycles. The van der Waals surface area contributed by atoms with E-state index in [0.29, 0.717) is 0 Å². The Labute approximate surface area is 159 Å². The van der Waals surface area contributed by atoms with Gasteiger partial charge in [-0.25, -0.2) is 0 Å². The number of carbonyl (C=O) groups excluding carboxylic acids is 1. The Morgan fingerprint density at radius 2 is 1.22 bits per heavy atom. The van der Waals surface area contributed by atoms with Crippen LogP contribution in [0.1, 0.15) is 71.1 Å². The molecule has 7 heteroatoms. The molecule has 5 fully saturated rings. The number of ether oxygens (including phenoxy) is 5. The summed E-state index contributed by atoms with van der Waals surface area (Å²) in [6.45, 7) is 1.36. The van der Waals surface area contributed by atoms with Gasteiger partial charge in [-0.3, -0.25) is 4.79 Å². The summed E-state index contributed by atoms with van der Waals surface area (Å²) in [5, 5.41) is 11.0. The van der Waals surface area contributed by atoms with Crippen molar-refractivity contribution in [3.8, 4) is 0 Å². The molecule has 3 aliphatic carbocycles. The minimum Gasteiger partial charge on any atom is -0.457 e. The minimum atomic E-state index is -0.983. The summed E-state index contributed by atoms with van der Waals surface area (Å²) >= 11 is 0. The summed E-state index contributed by atoms with van der Waals surface area (Å²) in [6.07, 6.45) is 6.23. The fraction of sp³-hybridized carbons (Fsp3) is 0.950. The minimum absolute atomic E-state index is 0.387. The van der Waals surface area contributed by atoms with Crippen molar-refractivity contribution in [2.75, 3.05) is 0 Å². The SMILES string of the molecule is CC(=O)O[C@H]1[C@H](O)[C@H]2OC3(CCCCC3)O[C@H]2[C@@H]2OC3(CCCCC3)O[C@@H]21. The molecule has 6 atom stereocenters. The maximum absolute atomic E-state index is 11.7. The first kappa shape index (κ1) is 18.3. The van der Waals surface area contributed by atoms with Crippen LogP contribution < -0.4 is 0 Å². The van der Waals surface area contributed by atoms with Gasteiger partial charge in [0.25, 0.3) is 0 Å². The van der Waals surface area contributed by atoms with E-state index in [2.05, 4.69) is 0 Å². The predicted molar refractivity (Wildman–Crippen MR) is 92.7 cm³/mol. The van der Waals surface area contributed by atoms with E-state index in [4.69, 9.17) is 23.7 Å². The average molecular weight is 382 g/mol. The Morgan fingerprint density at radius 1 is 0.778 bits per heavy atom. The summed E-state index contributed by atoms with van der Waals surface area (Å²) in [4.78, 5) is 11.7. The number of aliphatic hydroxyl groups is 1. The summed E-state index contributed by atoms with van der Waals surface area (Å²) in [5.41, 5.74) is 0. The van der Waals surface area contributed by atoms with E-state index in [1.807, 2.05) is 0 Å². The standard InChI is InChI=1S/C20H30O7/c1-12(21)23-14-13(22)15-17(26-19(24-15)8-4-2-5-9-19)18-16(14)25-20(27-18)10-6-3-7-11-20/h13-18,22H,2-11H2,1H3/t13-,14-,15+,16+,17+,18+/m0/s1. The maximum atomic E-state index is 11.7. The molecule has 2 aliphatic heterocycles. The fourth-order valence-corrected chi connectivity index (χ4v) is 5.70. The molecule has 3 saturated carbocycles. The van der Waals surface area contributed by atoms with E-state index < -0.39 is 48.1 Å². The lowest BCUT2D eigenvalue weighted by Gasteiger charge is -2.39. The zero-order valence-electron chi connectivity index (χ0n) is 15.9. The number of fused-ring (bicyclic) bond motifs is 3. The van der Waals surface area contributed by atoms with Crippen LogP contribution in [0, 0.1) is 0 Å². The Hall–Kier alpha value is -0.730. The third-order valence-corrected chi connectivity index (χ3v) is 6.90. The summed E-state index contributed by atoms with van der Waals surface area (Å²) in [7, 11) is 0. The molecule has 5 rings (SSSR count). The second-order valence-corrected chi connectivity index (χ2v) is 8.84. The molecular formula is C20H30O7. The lowest BCUT2D eigenvalue weighted by molar-refractivity contribution is -0.226. The van der Waals surface area contributed by atoms with Crippen LogP contribution >= 0.6 is 0 Å². The quantitative estimate of drug-likeness (QED) is 0.696. The average Bonchev–Trinajstić information content (AvgIpc) is 3.19. The Balaban J connectivity index is 1.45. The second kappa shape index (κ2) is 6.66. The zero-order valence-corrected chi connectivity index (χ0v) is 15.9. The van der Waals surface area contributed by atoms with Crippen molar-refractivity contribution < 1.29 is 33.6 Å². The van der Waals surface area contributed by atoms with Crippen LogP contribution in [-0.4, -0.2) is 59.3 Å². The molecular weight excluding hydrogens is 352 g/mol. The summed E-state index contributed by atoms with van der Waals surface area (Å²) in [6, 6.07) is 0. The highest BCUT2D eigenvalue weighted by atomic mass is 16.8. The van der Waals surface area contributed by atoms with Crippen LogP contribution in [0.3, 0.4) is 0 Å². The predicted octanol–water partition coefficient (Wildman–Crippen LogP) is 2.18.